The summed E-state index contributed by atoms with van der Waals surface area (Å²) in [5, 5.41) is 0. The Bertz CT molecular complexity index is 270. The van der Waals surface area contributed by atoms with E-state index in [9.17, 15) is 0 Å². The van der Waals surface area contributed by atoms with Crippen LogP contribution < -0.4 is 4.43 Å². The van der Waals surface area contributed by atoms with Gasteiger partial charge in [-0.1, -0.05) is 31.3 Å². The Balaban J connectivity index is 2.59. The lowest BCUT2D eigenvalue weighted by Gasteiger charge is -2.25. The summed E-state index contributed by atoms with van der Waals surface area (Å²) in [4.78, 5) is 0. The van der Waals surface area contributed by atoms with Gasteiger partial charge in [0.05, 0.1) is 0 Å². The fourth-order valence-electron chi connectivity index (χ4n) is 1.83. The zero-order valence-corrected chi connectivity index (χ0v) is 11.7. The molecule has 0 bridgehead atoms. The molecule has 14 heavy (non-hydrogen) atoms. The van der Waals surface area contributed by atoms with Crippen LogP contribution in [0.4, 0.5) is 0 Å². The van der Waals surface area contributed by atoms with E-state index in [1.54, 1.807) is 0 Å². The standard InChI is InChI=1S/C11H20OSi2/c1-13(2)10-14(3,4)12-11-8-6-5-7-9-11/h5-9,13H,10H2,1-4H3. The molecule has 1 aromatic rings. The molecule has 0 aliphatic rings. The first-order chi connectivity index (χ1) is 6.49. The van der Waals surface area contributed by atoms with Gasteiger partial charge in [0, 0.05) is 8.80 Å². The number of hydrogen-bond donors (Lipinski definition) is 0. The van der Waals surface area contributed by atoms with Crippen molar-refractivity contribution in [2.24, 2.45) is 0 Å². The highest BCUT2D eigenvalue weighted by atomic mass is 28.4. The van der Waals surface area contributed by atoms with Crippen molar-refractivity contribution in [1.82, 2.24) is 0 Å². The first-order valence-corrected chi connectivity index (χ1v) is 11.5. The molecule has 0 atom stereocenters. The molecular formula is C11H20OSi2. The van der Waals surface area contributed by atoms with Gasteiger partial charge in [-0.25, -0.2) is 0 Å². The van der Waals surface area contributed by atoms with E-state index in [0.717, 1.165) is 5.75 Å². The molecule has 0 aromatic heterocycles. The van der Waals surface area contributed by atoms with Gasteiger partial charge in [-0.2, -0.15) is 0 Å². The molecule has 0 heterocycles. The Kier molecular flexibility index (Phi) is 3.95. The van der Waals surface area contributed by atoms with Crippen LogP contribution >= 0.6 is 0 Å². The average molecular weight is 224 g/mol. The highest BCUT2D eigenvalue weighted by molar-refractivity contribution is 6.84. The van der Waals surface area contributed by atoms with Gasteiger partial charge in [-0.15, -0.1) is 0 Å². The SMILES string of the molecule is C[SiH](C)C[Si](C)(C)Oc1ccccc1. The second kappa shape index (κ2) is 4.80. The number of para-hydroxylation sites is 1. The van der Waals surface area contributed by atoms with Gasteiger partial charge < -0.3 is 4.43 Å². The average Bonchev–Trinajstić information content (AvgIpc) is 2.02. The van der Waals surface area contributed by atoms with E-state index in [1.807, 2.05) is 18.2 Å². The minimum atomic E-state index is -1.45. The molecule has 0 unspecified atom stereocenters. The van der Waals surface area contributed by atoms with E-state index in [1.165, 1.54) is 5.67 Å². The lowest BCUT2D eigenvalue weighted by Crippen LogP contribution is -2.37. The molecule has 0 N–H and O–H groups in total. The monoisotopic (exact) mass is 224 g/mol. The molecule has 3 heteroatoms. The third-order valence-electron chi connectivity index (χ3n) is 2.04. The van der Waals surface area contributed by atoms with Crippen LogP contribution in [0.2, 0.25) is 31.9 Å². The Hall–Kier alpha value is -0.546. The van der Waals surface area contributed by atoms with Crippen molar-refractivity contribution in [3.05, 3.63) is 30.3 Å². The van der Waals surface area contributed by atoms with Crippen molar-refractivity contribution in [2.45, 2.75) is 31.9 Å². The van der Waals surface area contributed by atoms with Gasteiger partial charge in [0.1, 0.15) is 5.75 Å². The van der Waals surface area contributed by atoms with Crippen molar-refractivity contribution in [3.8, 4) is 5.75 Å². The zero-order chi connectivity index (χ0) is 10.6. The molecule has 0 radical (unpaired) electrons. The lowest BCUT2D eigenvalue weighted by molar-refractivity contribution is 0.554. The van der Waals surface area contributed by atoms with E-state index >= 15 is 0 Å². The predicted octanol–water partition coefficient (Wildman–Crippen LogP) is 3.30. The van der Waals surface area contributed by atoms with Gasteiger partial charge in [0.2, 0.25) is 8.32 Å². The van der Waals surface area contributed by atoms with Crippen LogP contribution in [0, 0.1) is 0 Å². The summed E-state index contributed by atoms with van der Waals surface area (Å²) in [5.41, 5.74) is 1.35. The van der Waals surface area contributed by atoms with Crippen LogP contribution in [0.3, 0.4) is 0 Å². The van der Waals surface area contributed by atoms with Crippen LogP contribution in [0.5, 0.6) is 5.75 Å². The maximum Gasteiger partial charge on any atom is 0.242 e. The molecule has 0 fully saturated rings. The normalized spacial score (nSPS) is 11.8. The maximum atomic E-state index is 6.09. The molecule has 1 aromatic carbocycles. The van der Waals surface area contributed by atoms with Crippen LogP contribution in [-0.4, -0.2) is 17.1 Å². The number of benzene rings is 1. The minimum absolute atomic E-state index is 0.500. The van der Waals surface area contributed by atoms with Crippen molar-refractivity contribution in [1.29, 1.82) is 0 Å². The summed E-state index contributed by atoms with van der Waals surface area (Å²) in [5.74, 6) is 1.04. The zero-order valence-electron chi connectivity index (χ0n) is 9.58. The van der Waals surface area contributed by atoms with E-state index in [0.29, 0.717) is 0 Å². The second-order valence-electron chi connectivity index (χ2n) is 4.77. The van der Waals surface area contributed by atoms with E-state index in [-0.39, 0.29) is 0 Å². The highest BCUT2D eigenvalue weighted by Crippen LogP contribution is 2.19. The summed E-state index contributed by atoms with van der Waals surface area (Å²) in [7, 11) is -1.95. The Morgan fingerprint density at radius 3 is 2.21 bits per heavy atom. The molecule has 0 aliphatic heterocycles. The van der Waals surface area contributed by atoms with Gasteiger partial charge in [0.25, 0.3) is 0 Å². The molecule has 0 saturated heterocycles. The topological polar surface area (TPSA) is 9.23 Å². The fraction of sp³-hybridized carbons (Fsp3) is 0.455. The smallest absolute Gasteiger partial charge is 0.242 e. The van der Waals surface area contributed by atoms with Gasteiger partial charge in [0.15, 0.2) is 0 Å². The number of hydrogen-bond acceptors (Lipinski definition) is 1. The largest absolute Gasteiger partial charge is 0.544 e. The maximum absolute atomic E-state index is 6.09. The third-order valence-corrected chi connectivity index (χ3v) is 10.0. The summed E-state index contributed by atoms with van der Waals surface area (Å²) in [6.07, 6.45) is 0. The van der Waals surface area contributed by atoms with Gasteiger partial charge in [-0.05, 0) is 30.9 Å². The molecule has 0 spiro atoms. The van der Waals surface area contributed by atoms with E-state index in [4.69, 9.17) is 4.43 Å². The summed E-state index contributed by atoms with van der Waals surface area (Å²) >= 11 is 0. The van der Waals surface area contributed by atoms with Gasteiger partial charge in [-0.3, -0.25) is 0 Å². The number of rotatable bonds is 4. The van der Waals surface area contributed by atoms with Crippen molar-refractivity contribution in [3.63, 3.8) is 0 Å². The molecular weight excluding hydrogens is 204 g/mol. The van der Waals surface area contributed by atoms with E-state index < -0.39 is 17.1 Å². The van der Waals surface area contributed by atoms with Crippen molar-refractivity contribution < 1.29 is 4.43 Å². The summed E-state index contributed by atoms with van der Waals surface area (Å²) < 4.78 is 6.09. The Labute approximate surface area is 89.9 Å². The van der Waals surface area contributed by atoms with Crippen LogP contribution in [0.1, 0.15) is 0 Å². The Morgan fingerprint density at radius 2 is 1.71 bits per heavy atom. The predicted molar refractivity (Wildman–Crippen MR) is 68.2 cm³/mol. The van der Waals surface area contributed by atoms with E-state index in [2.05, 4.69) is 38.3 Å². The quantitative estimate of drug-likeness (QED) is 0.713. The highest BCUT2D eigenvalue weighted by Gasteiger charge is 2.25. The first-order valence-electron chi connectivity index (χ1n) is 5.24. The summed E-state index contributed by atoms with van der Waals surface area (Å²) in [6, 6.07) is 10.2. The minimum Gasteiger partial charge on any atom is -0.544 e. The molecule has 78 valence electrons. The Morgan fingerprint density at radius 1 is 1.14 bits per heavy atom. The van der Waals surface area contributed by atoms with Crippen LogP contribution in [0.15, 0.2) is 30.3 Å². The van der Waals surface area contributed by atoms with Crippen LogP contribution in [-0.2, 0) is 0 Å². The molecule has 0 aliphatic carbocycles. The van der Waals surface area contributed by atoms with Crippen molar-refractivity contribution >= 4 is 17.1 Å². The molecule has 1 nitrogen and oxygen atoms in total. The first kappa shape index (κ1) is 11.5. The molecule has 0 saturated carbocycles. The lowest BCUT2D eigenvalue weighted by atomic mass is 10.3. The van der Waals surface area contributed by atoms with Crippen LogP contribution in [0.25, 0.3) is 0 Å². The molecule has 0 amide bonds. The third kappa shape index (κ3) is 4.11. The summed E-state index contributed by atoms with van der Waals surface area (Å²) in [6.45, 7) is 9.41. The van der Waals surface area contributed by atoms with Gasteiger partial charge >= 0.3 is 0 Å². The fourth-order valence-corrected chi connectivity index (χ4v) is 10.8. The van der Waals surface area contributed by atoms with Crippen molar-refractivity contribution in [2.75, 3.05) is 0 Å². The second-order valence-corrected chi connectivity index (χ2v) is 12.9. The molecule has 1 rings (SSSR count).